The second-order valence-electron chi connectivity index (χ2n) is 6.79. The molecule has 0 spiro atoms. The highest BCUT2D eigenvalue weighted by molar-refractivity contribution is 5.81. The van der Waals surface area contributed by atoms with Gasteiger partial charge in [0.15, 0.2) is 6.61 Å². The van der Waals surface area contributed by atoms with Crippen molar-refractivity contribution in [2.45, 2.75) is 12.8 Å². The third kappa shape index (κ3) is 5.55. The predicted molar refractivity (Wildman–Crippen MR) is 106 cm³/mol. The lowest BCUT2D eigenvalue weighted by Gasteiger charge is -2.36. The molecule has 0 saturated carbocycles. The summed E-state index contributed by atoms with van der Waals surface area (Å²) in [7, 11) is 0. The zero-order chi connectivity index (χ0) is 20.6. The lowest BCUT2D eigenvalue weighted by molar-refractivity contribution is -0.152. The molecule has 1 fully saturated rings. The number of benzene rings is 2. The third-order valence-corrected chi connectivity index (χ3v) is 4.88. The molecular weight excluding hydrogens is 373 g/mol. The molecule has 0 N–H and O–H groups in total. The van der Waals surface area contributed by atoms with E-state index >= 15 is 0 Å². The molecule has 2 aromatic rings. The van der Waals surface area contributed by atoms with Crippen LogP contribution in [-0.4, -0.2) is 49.6 Å². The highest BCUT2D eigenvalue weighted by atomic mass is 19.1. The fourth-order valence-electron chi connectivity index (χ4n) is 3.20. The number of esters is 1. The molecule has 1 aliphatic rings. The number of aryl methyl sites for hydroxylation is 1. The number of piperazine rings is 1. The van der Waals surface area contributed by atoms with E-state index in [0.29, 0.717) is 43.9 Å². The Labute approximate surface area is 169 Å². The number of hydrogen-bond donors (Lipinski definition) is 0. The average Bonchev–Trinajstić information content (AvgIpc) is 2.77. The smallest absolute Gasteiger partial charge is 0.306 e. The molecule has 0 aliphatic carbocycles. The van der Waals surface area contributed by atoms with Crippen molar-refractivity contribution in [1.82, 2.24) is 4.90 Å². The number of ether oxygens (including phenoxy) is 1. The van der Waals surface area contributed by atoms with Crippen molar-refractivity contribution in [1.29, 1.82) is 5.26 Å². The number of carbonyl (C=O) groups excluding carboxylic acids is 2. The summed E-state index contributed by atoms with van der Waals surface area (Å²) in [5.74, 6) is -0.957. The summed E-state index contributed by atoms with van der Waals surface area (Å²) in [6.45, 7) is 1.68. The Bertz CT molecular complexity index is 900. The molecule has 0 radical (unpaired) electrons. The van der Waals surface area contributed by atoms with E-state index in [1.807, 2.05) is 11.0 Å². The van der Waals surface area contributed by atoms with Gasteiger partial charge in [-0.1, -0.05) is 24.3 Å². The minimum Gasteiger partial charge on any atom is -0.456 e. The van der Waals surface area contributed by atoms with Gasteiger partial charge in [-0.2, -0.15) is 5.26 Å². The van der Waals surface area contributed by atoms with Crippen molar-refractivity contribution < 1.29 is 18.7 Å². The monoisotopic (exact) mass is 395 g/mol. The van der Waals surface area contributed by atoms with Crippen LogP contribution in [0.25, 0.3) is 0 Å². The fraction of sp³-hybridized carbons (Fsp3) is 0.318. The Morgan fingerprint density at radius 3 is 2.38 bits per heavy atom. The molecule has 150 valence electrons. The van der Waals surface area contributed by atoms with Crippen LogP contribution < -0.4 is 4.90 Å². The molecular formula is C22H22FN3O3. The number of nitriles is 1. The van der Waals surface area contributed by atoms with Gasteiger partial charge in [-0.05, 0) is 36.2 Å². The van der Waals surface area contributed by atoms with Crippen molar-refractivity contribution >= 4 is 17.6 Å². The van der Waals surface area contributed by atoms with E-state index in [9.17, 15) is 14.0 Å². The number of anilines is 1. The van der Waals surface area contributed by atoms with Crippen molar-refractivity contribution in [2.24, 2.45) is 0 Å². The van der Waals surface area contributed by atoms with E-state index in [1.54, 1.807) is 47.4 Å². The van der Waals surface area contributed by atoms with Crippen LogP contribution in [-0.2, 0) is 20.7 Å². The van der Waals surface area contributed by atoms with E-state index in [2.05, 4.69) is 0 Å². The van der Waals surface area contributed by atoms with Gasteiger partial charge in [0.25, 0.3) is 5.91 Å². The van der Waals surface area contributed by atoms with E-state index in [1.165, 1.54) is 6.07 Å². The molecule has 0 aromatic heterocycles. The maximum absolute atomic E-state index is 13.9. The first-order valence-corrected chi connectivity index (χ1v) is 9.49. The summed E-state index contributed by atoms with van der Waals surface area (Å²) in [5, 5.41) is 8.78. The van der Waals surface area contributed by atoms with Crippen LogP contribution in [0.3, 0.4) is 0 Å². The molecule has 1 aliphatic heterocycles. The maximum atomic E-state index is 13.9. The Kier molecular flexibility index (Phi) is 6.80. The maximum Gasteiger partial charge on any atom is 0.306 e. The summed E-state index contributed by atoms with van der Waals surface area (Å²) in [6, 6.07) is 15.6. The number of hydrogen-bond acceptors (Lipinski definition) is 5. The van der Waals surface area contributed by atoms with E-state index in [-0.39, 0.29) is 24.8 Å². The van der Waals surface area contributed by atoms with Crippen LogP contribution >= 0.6 is 0 Å². The zero-order valence-electron chi connectivity index (χ0n) is 16.0. The van der Waals surface area contributed by atoms with Crippen LogP contribution in [0.2, 0.25) is 0 Å². The molecule has 29 heavy (non-hydrogen) atoms. The van der Waals surface area contributed by atoms with Crippen LogP contribution in [0.15, 0.2) is 48.5 Å². The summed E-state index contributed by atoms with van der Waals surface area (Å²) < 4.78 is 19.0. The van der Waals surface area contributed by atoms with Crippen LogP contribution in [0.1, 0.15) is 17.5 Å². The Hall–Kier alpha value is -3.40. The Morgan fingerprint density at radius 2 is 1.72 bits per heavy atom. The van der Waals surface area contributed by atoms with Crippen molar-refractivity contribution in [3.8, 4) is 6.07 Å². The number of carbonyl (C=O) groups is 2. The van der Waals surface area contributed by atoms with Crippen molar-refractivity contribution in [2.75, 3.05) is 37.7 Å². The summed E-state index contributed by atoms with van der Waals surface area (Å²) >= 11 is 0. The quantitative estimate of drug-likeness (QED) is 0.703. The lowest BCUT2D eigenvalue weighted by Crippen LogP contribution is -2.50. The standard InChI is InChI=1S/C22H22FN3O3/c23-19-3-1-2-4-20(19)25-11-13-26(14-12-25)21(27)16-29-22(28)10-9-17-5-7-18(15-24)8-6-17/h1-8H,9-14,16H2. The molecule has 3 rings (SSSR count). The molecule has 1 amide bonds. The normalized spacial score (nSPS) is 13.7. The van der Waals surface area contributed by atoms with Crippen LogP contribution in [0, 0.1) is 17.1 Å². The van der Waals surface area contributed by atoms with Gasteiger partial charge in [0.05, 0.1) is 17.3 Å². The largest absolute Gasteiger partial charge is 0.456 e. The highest BCUT2D eigenvalue weighted by Crippen LogP contribution is 2.20. The van der Waals surface area contributed by atoms with Gasteiger partial charge < -0.3 is 14.5 Å². The van der Waals surface area contributed by atoms with E-state index in [4.69, 9.17) is 10.00 Å². The predicted octanol–water partition coefficient (Wildman–Crippen LogP) is 2.52. The molecule has 2 aromatic carbocycles. The minimum atomic E-state index is -0.437. The fourth-order valence-corrected chi connectivity index (χ4v) is 3.20. The summed E-state index contributed by atoms with van der Waals surface area (Å²) in [6.07, 6.45) is 0.653. The van der Waals surface area contributed by atoms with Gasteiger partial charge in [0.2, 0.25) is 0 Å². The molecule has 7 heteroatoms. The topological polar surface area (TPSA) is 73.6 Å². The first-order valence-electron chi connectivity index (χ1n) is 9.49. The van der Waals surface area contributed by atoms with E-state index < -0.39 is 5.97 Å². The van der Waals surface area contributed by atoms with Crippen LogP contribution in [0.4, 0.5) is 10.1 Å². The number of rotatable bonds is 6. The summed E-state index contributed by atoms with van der Waals surface area (Å²) in [4.78, 5) is 27.7. The van der Waals surface area contributed by atoms with Gasteiger partial charge in [0.1, 0.15) is 5.82 Å². The SMILES string of the molecule is N#Cc1ccc(CCC(=O)OCC(=O)N2CCN(c3ccccc3F)CC2)cc1. The first-order chi connectivity index (χ1) is 14.1. The van der Waals surface area contributed by atoms with Gasteiger partial charge in [0, 0.05) is 32.6 Å². The highest BCUT2D eigenvalue weighted by Gasteiger charge is 2.23. The number of amides is 1. The first kappa shape index (κ1) is 20.3. The molecule has 6 nitrogen and oxygen atoms in total. The van der Waals surface area contributed by atoms with Gasteiger partial charge in [-0.25, -0.2) is 4.39 Å². The molecule has 1 heterocycles. The number of halogens is 1. The third-order valence-electron chi connectivity index (χ3n) is 4.88. The minimum absolute atomic E-state index is 0.167. The number of para-hydroxylation sites is 1. The van der Waals surface area contributed by atoms with Crippen molar-refractivity contribution in [3.63, 3.8) is 0 Å². The average molecular weight is 395 g/mol. The zero-order valence-corrected chi connectivity index (χ0v) is 16.0. The number of nitrogens with zero attached hydrogens (tertiary/aromatic N) is 3. The lowest BCUT2D eigenvalue weighted by atomic mass is 10.1. The molecule has 0 bridgehead atoms. The second-order valence-corrected chi connectivity index (χ2v) is 6.79. The molecule has 1 saturated heterocycles. The van der Waals surface area contributed by atoms with Gasteiger partial charge in [-0.15, -0.1) is 0 Å². The second kappa shape index (κ2) is 9.69. The van der Waals surface area contributed by atoms with E-state index in [0.717, 1.165) is 5.56 Å². The molecule has 0 unspecified atom stereocenters. The summed E-state index contributed by atoms with van der Waals surface area (Å²) in [5.41, 5.74) is 2.03. The van der Waals surface area contributed by atoms with Crippen LogP contribution in [0.5, 0.6) is 0 Å². The van der Waals surface area contributed by atoms with Crippen molar-refractivity contribution in [3.05, 3.63) is 65.5 Å². The van der Waals surface area contributed by atoms with Gasteiger partial charge in [-0.3, -0.25) is 9.59 Å². The van der Waals surface area contributed by atoms with Gasteiger partial charge >= 0.3 is 5.97 Å². The Balaban J connectivity index is 1.39. The molecule has 0 atom stereocenters. The Morgan fingerprint density at radius 1 is 1.03 bits per heavy atom.